The highest BCUT2D eigenvalue weighted by molar-refractivity contribution is 9.09. The number of hydrogen-bond donors (Lipinski definition) is 0. The Morgan fingerprint density at radius 2 is 2.00 bits per heavy atom. The molecule has 2 aliphatic rings. The summed E-state index contributed by atoms with van der Waals surface area (Å²) in [5.41, 5.74) is -0.00222. The highest BCUT2D eigenvalue weighted by atomic mass is 79.9. The molecule has 1 heterocycles. The summed E-state index contributed by atoms with van der Waals surface area (Å²) in [4.78, 5) is 15.0. The van der Waals surface area contributed by atoms with Crippen LogP contribution in [0.3, 0.4) is 0 Å². The van der Waals surface area contributed by atoms with Crippen molar-refractivity contribution in [3.8, 4) is 0 Å². The molecule has 17 heavy (non-hydrogen) atoms. The van der Waals surface area contributed by atoms with Gasteiger partial charge in [-0.3, -0.25) is 4.79 Å². The van der Waals surface area contributed by atoms with E-state index in [9.17, 15) is 4.79 Å². The number of halogens is 1. The third-order valence-corrected chi connectivity index (χ3v) is 5.50. The molecule has 2 nitrogen and oxygen atoms in total. The maximum absolute atomic E-state index is 12.8. The lowest BCUT2D eigenvalue weighted by atomic mass is 9.81. The smallest absolute Gasteiger partial charge is 0.229 e. The van der Waals surface area contributed by atoms with E-state index in [0.717, 1.165) is 31.1 Å². The Balaban J connectivity index is 2.11. The molecule has 3 heteroatoms. The van der Waals surface area contributed by atoms with Crippen molar-refractivity contribution in [1.29, 1.82) is 0 Å². The van der Waals surface area contributed by atoms with Gasteiger partial charge in [-0.05, 0) is 38.5 Å². The average molecular weight is 302 g/mol. The van der Waals surface area contributed by atoms with Gasteiger partial charge in [0.05, 0.1) is 0 Å². The van der Waals surface area contributed by atoms with Crippen LogP contribution in [0.2, 0.25) is 0 Å². The van der Waals surface area contributed by atoms with Crippen molar-refractivity contribution in [2.45, 2.75) is 64.3 Å². The molecule has 0 bridgehead atoms. The first kappa shape index (κ1) is 13.4. The zero-order valence-corrected chi connectivity index (χ0v) is 12.5. The first-order chi connectivity index (χ1) is 8.23. The Hall–Kier alpha value is -0.0500. The van der Waals surface area contributed by atoms with Crippen molar-refractivity contribution in [1.82, 2.24) is 4.90 Å². The summed E-state index contributed by atoms with van der Waals surface area (Å²) in [6, 6.07) is 0.445. The minimum Gasteiger partial charge on any atom is -0.338 e. The molecule has 0 aromatic heterocycles. The first-order valence-corrected chi connectivity index (χ1v) is 8.23. The van der Waals surface area contributed by atoms with Gasteiger partial charge in [-0.15, -0.1) is 0 Å². The van der Waals surface area contributed by atoms with E-state index in [1.807, 2.05) is 0 Å². The van der Waals surface area contributed by atoms with Gasteiger partial charge >= 0.3 is 0 Å². The molecule has 1 saturated carbocycles. The molecule has 0 aromatic rings. The number of alkyl halides is 1. The molecule has 1 unspecified atom stereocenters. The first-order valence-electron chi connectivity index (χ1n) is 7.10. The lowest BCUT2D eigenvalue weighted by Crippen LogP contribution is -2.50. The largest absolute Gasteiger partial charge is 0.338 e. The van der Waals surface area contributed by atoms with Gasteiger partial charge in [0.15, 0.2) is 0 Å². The van der Waals surface area contributed by atoms with E-state index >= 15 is 0 Å². The van der Waals surface area contributed by atoms with Crippen LogP contribution >= 0.6 is 15.9 Å². The third-order valence-electron chi connectivity index (χ3n) is 4.76. The van der Waals surface area contributed by atoms with E-state index in [1.54, 1.807) is 0 Å². The number of piperidine rings is 1. The molecule has 1 aliphatic carbocycles. The van der Waals surface area contributed by atoms with Crippen molar-refractivity contribution in [2.75, 3.05) is 11.9 Å². The number of nitrogens with zero attached hydrogens (tertiary/aromatic N) is 1. The molecular weight excluding hydrogens is 278 g/mol. The van der Waals surface area contributed by atoms with E-state index in [1.165, 1.54) is 32.1 Å². The number of likely N-dealkylation sites (tertiary alicyclic amines) is 1. The van der Waals surface area contributed by atoms with E-state index in [2.05, 4.69) is 27.8 Å². The Morgan fingerprint density at radius 1 is 1.29 bits per heavy atom. The van der Waals surface area contributed by atoms with Crippen LogP contribution in [-0.4, -0.2) is 28.7 Å². The number of rotatable bonds is 3. The Labute approximate surface area is 113 Å². The van der Waals surface area contributed by atoms with Crippen molar-refractivity contribution in [3.63, 3.8) is 0 Å². The molecule has 2 rings (SSSR count). The number of carbonyl (C=O) groups is 1. The standard InChI is InChI=1S/C14H24BrNO/c1-2-14(8-4-5-9-14)13(17)16-10-6-3-7-12(16)11-15/h12H,2-11H2,1H3. The molecule has 1 aliphatic heterocycles. The fourth-order valence-corrected chi connectivity index (χ4v) is 4.18. The second-order valence-electron chi connectivity index (χ2n) is 5.64. The van der Waals surface area contributed by atoms with Crippen LogP contribution in [0.5, 0.6) is 0 Å². The van der Waals surface area contributed by atoms with E-state index in [-0.39, 0.29) is 5.41 Å². The monoisotopic (exact) mass is 301 g/mol. The van der Waals surface area contributed by atoms with Gasteiger partial charge in [-0.1, -0.05) is 35.7 Å². The molecule has 0 spiro atoms. The van der Waals surface area contributed by atoms with Gasteiger partial charge in [0, 0.05) is 23.3 Å². The maximum Gasteiger partial charge on any atom is 0.229 e. The van der Waals surface area contributed by atoms with Crippen molar-refractivity contribution in [3.05, 3.63) is 0 Å². The topological polar surface area (TPSA) is 20.3 Å². The molecule has 1 amide bonds. The van der Waals surface area contributed by atoms with Crippen LogP contribution in [0.15, 0.2) is 0 Å². The summed E-state index contributed by atoms with van der Waals surface area (Å²) < 4.78 is 0. The van der Waals surface area contributed by atoms with Gasteiger partial charge in [-0.25, -0.2) is 0 Å². The lowest BCUT2D eigenvalue weighted by Gasteiger charge is -2.40. The molecule has 2 fully saturated rings. The summed E-state index contributed by atoms with van der Waals surface area (Å²) >= 11 is 3.57. The minimum absolute atomic E-state index is 0.00222. The predicted octanol–water partition coefficient (Wildman–Crippen LogP) is 3.73. The van der Waals surface area contributed by atoms with E-state index in [0.29, 0.717) is 11.9 Å². The fourth-order valence-electron chi connectivity index (χ4n) is 3.50. The molecule has 0 aromatic carbocycles. The van der Waals surface area contributed by atoms with Crippen LogP contribution in [-0.2, 0) is 4.79 Å². The van der Waals surface area contributed by atoms with Crippen molar-refractivity contribution >= 4 is 21.8 Å². The van der Waals surface area contributed by atoms with Crippen LogP contribution in [0.4, 0.5) is 0 Å². The molecule has 0 radical (unpaired) electrons. The van der Waals surface area contributed by atoms with Crippen LogP contribution < -0.4 is 0 Å². The molecule has 1 saturated heterocycles. The SMILES string of the molecule is CCC1(C(=O)N2CCCCC2CBr)CCCC1. The number of amides is 1. The minimum atomic E-state index is -0.00222. The molecule has 98 valence electrons. The van der Waals surface area contributed by atoms with E-state index < -0.39 is 0 Å². The Bertz CT molecular complexity index is 273. The third kappa shape index (κ3) is 2.54. The van der Waals surface area contributed by atoms with Gasteiger partial charge in [-0.2, -0.15) is 0 Å². The number of carbonyl (C=O) groups excluding carboxylic acids is 1. The van der Waals surface area contributed by atoms with Gasteiger partial charge in [0.2, 0.25) is 5.91 Å². The summed E-state index contributed by atoms with van der Waals surface area (Å²) in [5.74, 6) is 0.460. The summed E-state index contributed by atoms with van der Waals surface area (Å²) in [6.45, 7) is 3.17. The summed E-state index contributed by atoms with van der Waals surface area (Å²) in [6.07, 6.45) is 9.39. The predicted molar refractivity (Wildman–Crippen MR) is 74.3 cm³/mol. The summed E-state index contributed by atoms with van der Waals surface area (Å²) in [5, 5.41) is 0.943. The second-order valence-corrected chi connectivity index (χ2v) is 6.29. The molecule has 1 atom stereocenters. The van der Waals surface area contributed by atoms with Crippen LogP contribution in [0, 0.1) is 5.41 Å². The zero-order chi connectivity index (χ0) is 12.3. The second kappa shape index (κ2) is 5.73. The van der Waals surface area contributed by atoms with Crippen molar-refractivity contribution < 1.29 is 4.79 Å². The summed E-state index contributed by atoms with van der Waals surface area (Å²) in [7, 11) is 0. The Kier molecular flexibility index (Phi) is 4.51. The normalized spacial score (nSPS) is 28.4. The van der Waals surface area contributed by atoms with Gasteiger partial charge < -0.3 is 4.90 Å². The molecule has 0 N–H and O–H groups in total. The highest BCUT2D eigenvalue weighted by Gasteiger charge is 2.43. The van der Waals surface area contributed by atoms with E-state index in [4.69, 9.17) is 0 Å². The van der Waals surface area contributed by atoms with Gasteiger partial charge in [0.1, 0.15) is 0 Å². The zero-order valence-electron chi connectivity index (χ0n) is 10.9. The van der Waals surface area contributed by atoms with Crippen molar-refractivity contribution in [2.24, 2.45) is 5.41 Å². The maximum atomic E-state index is 12.8. The average Bonchev–Trinajstić information content (AvgIpc) is 2.88. The highest BCUT2D eigenvalue weighted by Crippen LogP contribution is 2.43. The fraction of sp³-hybridized carbons (Fsp3) is 0.929. The van der Waals surface area contributed by atoms with Gasteiger partial charge in [0.25, 0.3) is 0 Å². The number of hydrogen-bond acceptors (Lipinski definition) is 1. The molecular formula is C14H24BrNO. The van der Waals surface area contributed by atoms with Crippen LogP contribution in [0.25, 0.3) is 0 Å². The van der Waals surface area contributed by atoms with Crippen LogP contribution in [0.1, 0.15) is 58.3 Å². The Morgan fingerprint density at radius 3 is 2.59 bits per heavy atom. The lowest BCUT2D eigenvalue weighted by molar-refractivity contribution is -0.145. The quantitative estimate of drug-likeness (QED) is 0.727.